The third-order valence-corrected chi connectivity index (χ3v) is 5.65. The van der Waals surface area contributed by atoms with Crippen LogP contribution in [-0.4, -0.2) is 35.8 Å². The molecule has 0 bridgehead atoms. The Bertz CT molecular complexity index is 567. The Kier molecular flexibility index (Phi) is 6.48. The van der Waals surface area contributed by atoms with Crippen molar-refractivity contribution in [3.63, 3.8) is 0 Å². The maximum atomic E-state index is 12.6. The number of nitrogens with one attached hydrogen (secondary N) is 1. The van der Waals surface area contributed by atoms with Crippen molar-refractivity contribution in [2.45, 2.75) is 63.8 Å². The molecule has 1 saturated heterocycles. The van der Waals surface area contributed by atoms with Crippen molar-refractivity contribution in [3.05, 3.63) is 35.9 Å². The van der Waals surface area contributed by atoms with E-state index in [9.17, 15) is 9.59 Å². The topological polar surface area (TPSA) is 49.4 Å². The van der Waals surface area contributed by atoms with Crippen LogP contribution in [0.15, 0.2) is 30.3 Å². The molecular formula is C21H30N2O2. The van der Waals surface area contributed by atoms with E-state index in [0.29, 0.717) is 12.1 Å². The molecule has 2 amide bonds. The Hall–Kier alpha value is -1.84. The largest absolute Gasteiger partial charge is 0.354 e. The first-order valence-corrected chi connectivity index (χ1v) is 9.89. The molecular weight excluding hydrogens is 312 g/mol. The molecule has 0 aromatic heterocycles. The summed E-state index contributed by atoms with van der Waals surface area (Å²) in [5.41, 5.74) is 0.666. The smallest absolute Gasteiger partial charge is 0.254 e. The van der Waals surface area contributed by atoms with Gasteiger partial charge in [0.05, 0.1) is 0 Å². The standard InChI is InChI=1S/C21H30N2O2/c24-20(22-15-7-11-17-9-3-1-4-10-17)19-14-8-16-23(19)21(25)18-12-5-2-6-13-18/h2,5-6,12-13,17,19H,1,3-4,7-11,14-16H2,(H,22,24). The van der Waals surface area contributed by atoms with Gasteiger partial charge < -0.3 is 10.2 Å². The lowest BCUT2D eigenvalue weighted by Crippen LogP contribution is -2.46. The highest BCUT2D eigenvalue weighted by Gasteiger charge is 2.34. The molecule has 2 fully saturated rings. The van der Waals surface area contributed by atoms with E-state index >= 15 is 0 Å². The second-order valence-electron chi connectivity index (χ2n) is 7.46. The Labute approximate surface area is 151 Å². The average molecular weight is 342 g/mol. The van der Waals surface area contributed by atoms with E-state index < -0.39 is 0 Å². The number of carbonyl (C=O) groups is 2. The minimum absolute atomic E-state index is 0.0189. The van der Waals surface area contributed by atoms with Crippen LogP contribution in [0.2, 0.25) is 0 Å². The Morgan fingerprint density at radius 3 is 2.52 bits per heavy atom. The molecule has 1 saturated carbocycles. The first kappa shape index (κ1) is 18.0. The molecule has 1 aliphatic heterocycles. The Morgan fingerprint density at radius 1 is 1.00 bits per heavy atom. The van der Waals surface area contributed by atoms with Crippen molar-refractivity contribution < 1.29 is 9.59 Å². The highest BCUT2D eigenvalue weighted by Crippen LogP contribution is 2.27. The highest BCUT2D eigenvalue weighted by molar-refractivity contribution is 5.97. The first-order valence-electron chi connectivity index (χ1n) is 9.89. The van der Waals surface area contributed by atoms with Crippen LogP contribution in [-0.2, 0) is 4.79 Å². The van der Waals surface area contributed by atoms with Crippen LogP contribution in [0.1, 0.15) is 68.1 Å². The number of rotatable bonds is 6. The first-order chi connectivity index (χ1) is 12.3. The van der Waals surface area contributed by atoms with Crippen molar-refractivity contribution in [1.82, 2.24) is 10.2 Å². The summed E-state index contributed by atoms with van der Waals surface area (Å²) >= 11 is 0. The van der Waals surface area contributed by atoms with E-state index in [2.05, 4.69) is 5.32 Å². The lowest BCUT2D eigenvalue weighted by atomic mass is 9.86. The lowest BCUT2D eigenvalue weighted by Gasteiger charge is -2.24. The third kappa shape index (κ3) is 4.83. The fourth-order valence-electron chi connectivity index (χ4n) is 4.22. The van der Waals surface area contributed by atoms with Crippen molar-refractivity contribution in [1.29, 1.82) is 0 Å². The number of carbonyl (C=O) groups excluding carboxylic acids is 2. The monoisotopic (exact) mass is 342 g/mol. The minimum Gasteiger partial charge on any atom is -0.354 e. The summed E-state index contributed by atoms with van der Waals surface area (Å²) in [4.78, 5) is 26.9. The quantitative estimate of drug-likeness (QED) is 0.800. The highest BCUT2D eigenvalue weighted by atomic mass is 16.2. The molecule has 1 unspecified atom stereocenters. The summed E-state index contributed by atoms with van der Waals surface area (Å²) in [6.07, 6.45) is 10.8. The Balaban J connectivity index is 1.45. The van der Waals surface area contributed by atoms with Crippen molar-refractivity contribution >= 4 is 11.8 Å². The predicted octanol–water partition coefficient (Wildman–Crippen LogP) is 3.77. The second kappa shape index (κ2) is 9.02. The fraction of sp³-hybridized carbons (Fsp3) is 0.619. The number of hydrogen-bond donors (Lipinski definition) is 1. The van der Waals surface area contributed by atoms with Gasteiger partial charge in [0.25, 0.3) is 5.91 Å². The van der Waals surface area contributed by atoms with Crippen LogP contribution < -0.4 is 5.32 Å². The molecule has 0 spiro atoms. The summed E-state index contributed by atoms with van der Waals surface area (Å²) in [6, 6.07) is 8.96. The maximum absolute atomic E-state index is 12.6. The molecule has 4 nitrogen and oxygen atoms in total. The van der Waals surface area contributed by atoms with Crippen LogP contribution >= 0.6 is 0 Å². The maximum Gasteiger partial charge on any atom is 0.254 e. The van der Waals surface area contributed by atoms with Gasteiger partial charge in [0.2, 0.25) is 5.91 Å². The van der Waals surface area contributed by atoms with Gasteiger partial charge in [-0.3, -0.25) is 9.59 Å². The molecule has 0 radical (unpaired) electrons. The molecule has 4 heteroatoms. The van der Waals surface area contributed by atoms with Crippen LogP contribution in [0, 0.1) is 5.92 Å². The summed E-state index contributed by atoms with van der Waals surface area (Å²) in [5, 5.41) is 3.07. The van der Waals surface area contributed by atoms with E-state index in [0.717, 1.165) is 31.7 Å². The molecule has 25 heavy (non-hydrogen) atoms. The summed E-state index contributed by atoms with van der Waals surface area (Å²) in [7, 11) is 0. The molecule has 1 aromatic rings. The van der Waals surface area contributed by atoms with Gasteiger partial charge in [-0.15, -0.1) is 0 Å². The zero-order valence-corrected chi connectivity index (χ0v) is 15.1. The molecule has 1 aromatic carbocycles. The number of amides is 2. The van der Waals surface area contributed by atoms with Gasteiger partial charge in [-0.25, -0.2) is 0 Å². The van der Waals surface area contributed by atoms with E-state index in [1.807, 2.05) is 30.3 Å². The van der Waals surface area contributed by atoms with Gasteiger partial charge in [-0.1, -0.05) is 50.3 Å². The lowest BCUT2D eigenvalue weighted by molar-refractivity contribution is -0.124. The van der Waals surface area contributed by atoms with E-state index in [1.54, 1.807) is 4.90 Å². The molecule has 1 N–H and O–H groups in total. The SMILES string of the molecule is O=C(NCCCC1CCCCC1)C1CCCN1C(=O)c1ccccc1. The summed E-state index contributed by atoms with van der Waals surface area (Å²) in [5.74, 6) is 0.846. The van der Waals surface area contributed by atoms with Gasteiger partial charge >= 0.3 is 0 Å². The van der Waals surface area contributed by atoms with E-state index in [1.165, 1.54) is 38.5 Å². The minimum atomic E-state index is -0.303. The van der Waals surface area contributed by atoms with Gasteiger partial charge in [-0.2, -0.15) is 0 Å². The van der Waals surface area contributed by atoms with Gasteiger partial charge in [0.1, 0.15) is 6.04 Å². The zero-order chi connectivity index (χ0) is 17.5. The predicted molar refractivity (Wildman–Crippen MR) is 99.3 cm³/mol. The zero-order valence-electron chi connectivity index (χ0n) is 15.1. The summed E-state index contributed by atoms with van der Waals surface area (Å²) < 4.78 is 0. The van der Waals surface area contributed by atoms with Crippen LogP contribution in [0.4, 0.5) is 0 Å². The molecule has 1 heterocycles. The van der Waals surface area contributed by atoms with Crippen LogP contribution in [0.25, 0.3) is 0 Å². The molecule has 2 aliphatic rings. The van der Waals surface area contributed by atoms with Crippen LogP contribution in [0.3, 0.4) is 0 Å². The molecule has 1 atom stereocenters. The van der Waals surface area contributed by atoms with Crippen molar-refractivity contribution in [2.24, 2.45) is 5.92 Å². The summed E-state index contributed by atoms with van der Waals surface area (Å²) in [6.45, 7) is 1.41. The normalized spacial score (nSPS) is 21.3. The van der Waals surface area contributed by atoms with Crippen molar-refractivity contribution in [3.8, 4) is 0 Å². The second-order valence-corrected chi connectivity index (χ2v) is 7.46. The molecule has 136 valence electrons. The van der Waals surface area contributed by atoms with E-state index in [4.69, 9.17) is 0 Å². The van der Waals surface area contributed by atoms with Crippen LogP contribution in [0.5, 0.6) is 0 Å². The number of likely N-dealkylation sites (tertiary alicyclic amines) is 1. The molecule has 3 rings (SSSR count). The van der Waals surface area contributed by atoms with Gasteiger partial charge in [-0.05, 0) is 43.7 Å². The number of nitrogens with zero attached hydrogens (tertiary/aromatic N) is 1. The number of benzene rings is 1. The fourth-order valence-corrected chi connectivity index (χ4v) is 4.22. The average Bonchev–Trinajstić information content (AvgIpc) is 3.16. The molecule has 1 aliphatic carbocycles. The van der Waals surface area contributed by atoms with E-state index in [-0.39, 0.29) is 17.9 Å². The number of hydrogen-bond acceptors (Lipinski definition) is 2. The van der Waals surface area contributed by atoms with Gasteiger partial charge in [0, 0.05) is 18.7 Å². The Morgan fingerprint density at radius 2 is 1.76 bits per heavy atom. The van der Waals surface area contributed by atoms with Gasteiger partial charge in [0.15, 0.2) is 0 Å². The third-order valence-electron chi connectivity index (χ3n) is 5.65. The van der Waals surface area contributed by atoms with Crippen molar-refractivity contribution in [2.75, 3.05) is 13.1 Å².